The van der Waals surface area contributed by atoms with Crippen LogP contribution >= 0.6 is 12.4 Å². The topological polar surface area (TPSA) is 102 Å². The van der Waals surface area contributed by atoms with E-state index in [0.29, 0.717) is 17.1 Å². The van der Waals surface area contributed by atoms with Gasteiger partial charge in [0.25, 0.3) is 0 Å². The van der Waals surface area contributed by atoms with Gasteiger partial charge in [0.05, 0.1) is 21.3 Å². The summed E-state index contributed by atoms with van der Waals surface area (Å²) in [5.74, 6) is 1.20. The molecule has 0 heterocycles. The first-order valence-corrected chi connectivity index (χ1v) is 5.06. The number of hydrogen-bond donors (Lipinski definition) is 3. The quantitative estimate of drug-likeness (QED) is 0.434. The van der Waals surface area contributed by atoms with E-state index in [1.807, 2.05) is 0 Å². The normalized spacial score (nSPS) is 10.2. The number of hydrogen-bond acceptors (Lipinski definition) is 5. The van der Waals surface area contributed by atoms with Crippen molar-refractivity contribution < 1.29 is 14.2 Å². The van der Waals surface area contributed by atoms with E-state index in [9.17, 15) is 0 Å². The van der Waals surface area contributed by atoms with Crippen LogP contribution in [0.5, 0.6) is 11.5 Å². The Morgan fingerprint density at radius 3 is 2.05 bits per heavy atom. The summed E-state index contributed by atoms with van der Waals surface area (Å²) in [6.45, 7) is 0. The fraction of sp³-hybridized carbons (Fsp3) is 0.273. The summed E-state index contributed by atoms with van der Waals surface area (Å²) < 4.78 is 15.4. The first kappa shape index (κ1) is 16.9. The number of halogens is 1. The number of ether oxygens (including phenoxy) is 3. The molecule has 1 aromatic rings. The minimum absolute atomic E-state index is 0. The van der Waals surface area contributed by atoms with Crippen LogP contribution in [0.1, 0.15) is 5.56 Å². The summed E-state index contributed by atoms with van der Waals surface area (Å²) in [4.78, 5) is 0. The molecule has 0 saturated carbocycles. The molecule has 0 bridgehead atoms. The molecular formula is C11H17ClN4O3. The van der Waals surface area contributed by atoms with Crippen molar-refractivity contribution >= 4 is 24.3 Å². The molecule has 0 atom stereocenters. The SMILES string of the molecule is COC(=NNC(=N)N)c1cc(OC)cc(OC)c1.Cl. The number of benzene rings is 1. The second-order valence-corrected chi connectivity index (χ2v) is 3.25. The van der Waals surface area contributed by atoms with Crippen molar-refractivity contribution in [3.63, 3.8) is 0 Å². The number of nitrogens with two attached hydrogens (primary N) is 1. The molecule has 0 saturated heterocycles. The van der Waals surface area contributed by atoms with Gasteiger partial charge >= 0.3 is 0 Å². The van der Waals surface area contributed by atoms with Gasteiger partial charge in [-0.1, -0.05) is 0 Å². The maximum atomic E-state index is 7.04. The van der Waals surface area contributed by atoms with Gasteiger partial charge in [-0.15, -0.1) is 17.5 Å². The van der Waals surface area contributed by atoms with Crippen molar-refractivity contribution in [2.45, 2.75) is 0 Å². The molecule has 0 aliphatic carbocycles. The summed E-state index contributed by atoms with van der Waals surface area (Å²) in [5.41, 5.74) is 8.10. The minimum atomic E-state index is -0.278. The molecule has 0 amide bonds. The van der Waals surface area contributed by atoms with Gasteiger partial charge in [-0.05, 0) is 12.1 Å². The minimum Gasteiger partial charge on any atom is -0.497 e. The van der Waals surface area contributed by atoms with E-state index in [0.717, 1.165) is 0 Å². The van der Waals surface area contributed by atoms with Gasteiger partial charge in [0, 0.05) is 11.6 Å². The summed E-state index contributed by atoms with van der Waals surface area (Å²) in [6, 6.07) is 5.19. The lowest BCUT2D eigenvalue weighted by Crippen LogP contribution is -2.27. The third-order valence-corrected chi connectivity index (χ3v) is 2.07. The molecule has 7 nitrogen and oxygen atoms in total. The Labute approximate surface area is 117 Å². The largest absolute Gasteiger partial charge is 0.497 e. The highest BCUT2D eigenvalue weighted by molar-refractivity contribution is 5.95. The van der Waals surface area contributed by atoms with E-state index >= 15 is 0 Å². The average molecular weight is 289 g/mol. The van der Waals surface area contributed by atoms with E-state index in [4.69, 9.17) is 25.4 Å². The number of hydrazone groups is 1. The highest BCUT2D eigenvalue weighted by Gasteiger charge is 2.08. The molecule has 106 valence electrons. The summed E-state index contributed by atoms with van der Waals surface area (Å²) in [7, 11) is 4.57. The molecule has 0 spiro atoms. The zero-order valence-electron chi connectivity index (χ0n) is 10.9. The lowest BCUT2D eigenvalue weighted by Gasteiger charge is -2.09. The summed E-state index contributed by atoms with van der Waals surface area (Å²) in [6.07, 6.45) is 0. The van der Waals surface area contributed by atoms with Gasteiger partial charge in [-0.25, -0.2) is 5.43 Å². The number of nitrogens with zero attached hydrogens (tertiary/aromatic N) is 1. The maximum Gasteiger partial charge on any atom is 0.238 e. The van der Waals surface area contributed by atoms with E-state index in [1.54, 1.807) is 32.4 Å². The molecule has 1 aromatic carbocycles. The zero-order valence-corrected chi connectivity index (χ0v) is 11.7. The van der Waals surface area contributed by atoms with Crippen LogP contribution in [0.3, 0.4) is 0 Å². The Balaban J connectivity index is 0.00000324. The Morgan fingerprint density at radius 2 is 1.68 bits per heavy atom. The Morgan fingerprint density at radius 1 is 1.16 bits per heavy atom. The summed E-state index contributed by atoms with van der Waals surface area (Å²) in [5, 5.41) is 10.9. The Kier molecular flexibility index (Phi) is 7.13. The van der Waals surface area contributed by atoms with Crippen molar-refractivity contribution in [1.29, 1.82) is 5.41 Å². The van der Waals surface area contributed by atoms with Gasteiger partial charge in [-0.2, -0.15) is 0 Å². The van der Waals surface area contributed by atoms with E-state index in [-0.39, 0.29) is 24.3 Å². The first-order valence-electron chi connectivity index (χ1n) is 5.06. The standard InChI is InChI=1S/C11H16N4O3.ClH/c1-16-8-4-7(5-9(6-8)17-2)10(18-3)14-15-11(12)13;/h4-6H,1-3H3,(H4,12,13,15);1H. The van der Waals surface area contributed by atoms with Gasteiger partial charge in [-0.3, -0.25) is 5.41 Å². The molecule has 0 aliphatic rings. The smallest absolute Gasteiger partial charge is 0.238 e. The number of nitrogens with one attached hydrogen (secondary N) is 2. The fourth-order valence-electron chi connectivity index (χ4n) is 1.27. The van der Waals surface area contributed by atoms with Gasteiger partial charge in [0.1, 0.15) is 11.5 Å². The molecule has 0 fully saturated rings. The number of rotatable bonds is 4. The van der Waals surface area contributed by atoms with Crippen LogP contribution in [0.15, 0.2) is 23.3 Å². The van der Waals surface area contributed by atoms with Crippen LogP contribution < -0.4 is 20.6 Å². The third kappa shape index (κ3) is 4.92. The van der Waals surface area contributed by atoms with Crippen LogP contribution in [0, 0.1) is 5.41 Å². The first-order chi connectivity index (χ1) is 8.60. The summed E-state index contributed by atoms with van der Waals surface area (Å²) >= 11 is 0. The van der Waals surface area contributed by atoms with Crippen molar-refractivity contribution in [1.82, 2.24) is 5.43 Å². The molecule has 0 aromatic heterocycles. The van der Waals surface area contributed by atoms with Gasteiger partial charge in [0.2, 0.25) is 11.9 Å². The van der Waals surface area contributed by atoms with Crippen LogP contribution in [0.25, 0.3) is 0 Å². The van der Waals surface area contributed by atoms with E-state index in [1.165, 1.54) is 7.11 Å². The highest BCUT2D eigenvalue weighted by atomic mass is 35.5. The molecule has 1 rings (SSSR count). The average Bonchev–Trinajstić information content (AvgIpc) is 2.38. The van der Waals surface area contributed by atoms with Crippen molar-refractivity contribution in [3.8, 4) is 11.5 Å². The zero-order chi connectivity index (χ0) is 13.5. The predicted octanol–water partition coefficient (Wildman–Crippen LogP) is 0.917. The maximum absolute atomic E-state index is 7.04. The predicted molar refractivity (Wildman–Crippen MR) is 75.4 cm³/mol. The number of guanidine groups is 1. The second-order valence-electron chi connectivity index (χ2n) is 3.25. The van der Waals surface area contributed by atoms with Crippen LogP contribution in [-0.2, 0) is 4.74 Å². The third-order valence-electron chi connectivity index (χ3n) is 2.07. The Bertz CT molecular complexity index is 443. The van der Waals surface area contributed by atoms with Crippen molar-refractivity contribution in [2.24, 2.45) is 10.8 Å². The highest BCUT2D eigenvalue weighted by Crippen LogP contribution is 2.23. The second kappa shape index (κ2) is 8.04. The molecule has 4 N–H and O–H groups in total. The van der Waals surface area contributed by atoms with Gasteiger partial charge in [0.15, 0.2) is 0 Å². The molecule has 8 heteroatoms. The molecule has 19 heavy (non-hydrogen) atoms. The van der Waals surface area contributed by atoms with E-state index in [2.05, 4.69) is 10.5 Å². The molecular weight excluding hydrogens is 272 g/mol. The van der Waals surface area contributed by atoms with Crippen LogP contribution in [0.2, 0.25) is 0 Å². The lowest BCUT2D eigenvalue weighted by molar-refractivity contribution is 0.388. The fourth-order valence-corrected chi connectivity index (χ4v) is 1.27. The monoisotopic (exact) mass is 288 g/mol. The van der Waals surface area contributed by atoms with Crippen LogP contribution in [-0.4, -0.2) is 33.2 Å². The van der Waals surface area contributed by atoms with Crippen molar-refractivity contribution in [3.05, 3.63) is 23.8 Å². The van der Waals surface area contributed by atoms with E-state index < -0.39 is 0 Å². The van der Waals surface area contributed by atoms with Gasteiger partial charge < -0.3 is 19.9 Å². The lowest BCUT2D eigenvalue weighted by atomic mass is 10.2. The van der Waals surface area contributed by atoms with Crippen LogP contribution in [0.4, 0.5) is 0 Å². The molecule has 0 unspecified atom stereocenters. The van der Waals surface area contributed by atoms with Crippen molar-refractivity contribution in [2.75, 3.05) is 21.3 Å². The molecule has 0 aliphatic heterocycles. The number of methoxy groups -OCH3 is 3. The molecule has 0 radical (unpaired) electrons. The Hall–Kier alpha value is -2.15.